The Kier molecular flexibility index (Phi) is 4.74. The van der Waals surface area contributed by atoms with Crippen LogP contribution in [0.5, 0.6) is 5.75 Å². The summed E-state index contributed by atoms with van der Waals surface area (Å²) < 4.78 is 56.7. The summed E-state index contributed by atoms with van der Waals surface area (Å²) in [6.07, 6.45) is -4.61. The zero-order valence-electron chi connectivity index (χ0n) is 9.72. The van der Waals surface area contributed by atoms with Crippen molar-refractivity contribution in [2.24, 2.45) is 0 Å². The van der Waals surface area contributed by atoms with Gasteiger partial charge in [0.25, 0.3) is 0 Å². The van der Waals surface area contributed by atoms with E-state index in [1.807, 2.05) is 0 Å². The largest absolute Gasteiger partial charge is 0.474 e. The molecule has 1 saturated heterocycles. The van der Waals surface area contributed by atoms with Crippen molar-refractivity contribution in [3.05, 3.63) is 28.5 Å². The molecule has 3 nitrogen and oxygen atoms in total. The van der Waals surface area contributed by atoms with Gasteiger partial charge in [-0.2, -0.15) is 18.4 Å². The first-order chi connectivity index (χ1) is 8.79. The number of ether oxygens (including phenoxy) is 1. The second kappa shape index (κ2) is 5.64. The second-order valence-corrected chi connectivity index (χ2v) is 4.48. The first kappa shape index (κ1) is 16.8. The van der Waals surface area contributed by atoms with Crippen molar-refractivity contribution in [2.75, 3.05) is 13.1 Å². The number of benzene rings is 1. The lowest BCUT2D eigenvalue weighted by Gasteiger charge is -2.43. The lowest BCUT2D eigenvalue weighted by Crippen LogP contribution is -2.71. The Labute approximate surface area is 122 Å². The molecular formula is C11H8Cl2F4N2O. The summed E-state index contributed by atoms with van der Waals surface area (Å²) in [7, 11) is 0. The maximum atomic E-state index is 13.1. The molecule has 2 rings (SSSR count). The molecule has 1 fully saturated rings. The van der Waals surface area contributed by atoms with Gasteiger partial charge in [0.15, 0.2) is 0 Å². The predicted molar refractivity (Wildman–Crippen MR) is 65.7 cm³/mol. The minimum absolute atomic E-state index is 0. The van der Waals surface area contributed by atoms with Crippen molar-refractivity contribution < 1.29 is 22.3 Å². The van der Waals surface area contributed by atoms with Gasteiger partial charge in [0, 0.05) is 19.2 Å². The monoisotopic (exact) mass is 330 g/mol. The molecule has 1 aliphatic rings. The van der Waals surface area contributed by atoms with E-state index in [2.05, 4.69) is 5.32 Å². The third-order valence-corrected chi connectivity index (χ3v) is 3.08. The second-order valence-electron chi connectivity index (χ2n) is 4.07. The molecule has 1 N–H and O–H groups in total. The summed E-state index contributed by atoms with van der Waals surface area (Å²) in [5.41, 5.74) is -2.74. The van der Waals surface area contributed by atoms with Crippen molar-refractivity contribution >= 4 is 24.0 Å². The summed E-state index contributed by atoms with van der Waals surface area (Å²) in [6.45, 7) is -0.868. The van der Waals surface area contributed by atoms with E-state index < -0.39 is 35.7 Å². The molecule has 1 aliphatic heterocycles. The zero-order chi connectivity index (χ0) is 14.3. The Balaban J connectivity index is 0.00000200. The van der Waals surface area contributed by atoms with E-state index in [4.69, 9.17) is 21.6 Å². The standard InChI is InChI=1S/C11H7ClF4N2O.ClH/c12-7-2-9(6(3-17)1-8(7)13)19-10(4-18-5-10)11(14,15)16;/h1-2,18H,4-5H2;1H. The van der Waals surface area contributed by atoms with Crippen LogP contribution in [0, 0.1) is 17.1 Å². The fourth-order valence-corrected chi connectivity index (χ4v) is 1.75. The third kappa shape index (κ3) is 2.77. The van der Waals surface area contributed by atoms with E-state index in [-0.39, 0.29) is 23.7 Å². The number of rotatable bonds is 2. The summed E-state index contributed by atoms with van der Waals surface area (Å²) in [6, 6.07) is 3.19. The first-order valence-electron chi connectivity index (χ1n) is 5.15. The number of nitrogens with one attached hydrogen (secondary N) is 1. The molecular weight excluding hydrogens is 323 g/mol. The summed E-state index contributed by atoms with van der Waals surface area (Å²) in [5, 5.41) is 10.8. The highest BCUT2D eigenvalue weighted by Crippen LogP contribution is 2.39. The molecule has 110 valence electrons. The van der Waals surface area contributed by atoms with Crippen LogP contribution in [0.2, 0.25) is 5.02 Å². The van der Waals surface area contributed by atoms with E-state index in [9.17, 15) is 17.6 Å². The molecule has 20 heavy (non-hydrogen) atoms. The van der Waals surface area contributed by atoms with Gasteiger partial charge in [-0.25, -0.2) is 4.39 Å². The average molecular weight is 331 g/mol. The van der Waals surface area contributed by atoms with Crippen LogP contribution in [-0.4, -0.2) is 24.9 Å². The minimum Gasteiger partial charge on any atom is -0.474 e. The van der Waals surface area contributed by atoms with Crippen LogP contribution in [0.4, 0.5) is 17.6 Å². The molecule has 1 aromatic rings. The Bertz CT molecular complexity index is 553. The molecule has 0 spiro atoms. The van der Waals surface area contributed by atoms with Gasteiger partial charge in [-0.1, -0.05) is 11.6 Å². The molecule has 0 unspecified atom stereocenters. The van der Waals surface area contributed by atoms with Crippen LogP contribution in [-0.2, 0) is 0 Å². The molecule has 9 heteroatoms. The molecule has 1 aromatic carbocycles. The SMILES string of the molecule is Cl.N#Cc1cc(F)c(Cl)cc1OC1(C(F)(F)F)CNC1. The molecule has 1 heterocycles. The Hall–Kier alpha value is -1.23. The van der Waals surface area contributed by atoms with Gasteiger partial charge in [0.05, 0.1) is 10.6 Å². The number of nitriles is 1. The van der Waals surface area contributed by atoms with Gasteiger partial charge >= 0.3 is 6.18 Å². The van der Waals surface area contributed by atoms with Gasteiger partial charge in [0.2, 0.25) is 5.60 Å². The summed E-state index contributed by atoms with van der Waals surface area (Å²) in [4.78, 5) is 0. The molecule has 0 aromatic heterocycles. The van der Waals surface area contributed by atoms with Crippen LogP contribution in [0.1, 0.15) is 5.56 Å². The highest BCUT2D eigenvalue weighted by atomic mass is 35.5. The van der Waals surface area contributed by atoms with Crippen LogP contribution < -0.4 is 10.1 Å². The topological polar surface area (TPSA) is 45.0 Å². The minimum atomic E-state index is -4.61. The lowest BCUT2D eigenvalue weighted by molar-refractivity contribution is -0.263. The maximum Gasteiger partial charge on any atom is 0.430 e. The number of halogens is 6. The van der Waals surface area contributed by atoms with Gasteiger partial charge in [-0.3, -0.25) is 0 Å². The third-order valence-electron chi connectivity index (χ3n) is 2.79. The quantitative estimate of drug-likeness (QED) is 0.848. The van der Waals surface area contributed by atoms with Gasteiger partial charge < -0.3 is 10.1 Å². The predicted octanol–water partition coefficient (Wildman–Crippen LogP) is 3.06. The molecule has 0 radical (unpaired) electrons. The smallest absolute Gasteiger partial charge is 0.430 e. The lowest BCUT2D eigenvalue weighted by atomic mass is 9.96. The average Bonchev–Trinajstić information content (AvgIpc) is 2.25. The van der Waals surface area contributed by atoms with Crippen molar-refractivity contribution in [3.8, 4) is 11.8 Å². The van der Waals surface area contributed by atoms with Crippen molar-refractivity contribution in [2.45, 2.75) is 11.8 Å². The molecule has 0 bridgehead atoms. The van der Waals surface area contributed by atoms with Crippen molar-refractivity contribution in [3.63, 3.8) is 0 Å². The summed E-state index contributed by atoms with van der Waals surface area (Å²) >= 11 is 5.49. The van der Waals surface area contributed by atoms with Gasteiger partial charge in [0.1, 0.15) is 17.6 Å². The fourth-order valence-electron chi connectivity index (χ4n) is 1.59. The molecule has 0 aliphatic carbocycles. The number of hydrogen-bond donors (Lipinski definition) is 1. The number of hydrogen-bond acceptors (Lipinski definition) is 3. The van der Waals surface area contributed by atoms with Crippen molar-refractivity contribution in [1.82, 2.24) is 5.32 Å². The van der Waals surface area contributed by atoms with Crippen LogP contribution in [0.25, 0.3) is 0 Å². The first-order valence-corrected chi connectivity index (χ1v) is 5.52. The normalized spacial score (nSPS) is 16.6. The highest BCUT2D eigenvalue weighted by Gasteiger charge is 2.61. The molecule has 0 amide bonds. The van der Waals surface area contributed by atoms with Gasteiger partial charge in [-0.05, 0) is 6.07 Å². The number of alkyl halides is 3. The van der Waals surface area contributed by atoms with Crippen LogP contribution >= 0.6 is 24.0 Å². The van der Waals surface area contributed by atoms with E-state index in [1.165, 1.54) is 0 Å². The van der Waals surface area contributed by atoms with E-state index in [0.29, 0.717) is 0 Å². The fraction of sp³-hybridized carbons (Fsp3) is 0.364. The molecule has 0 atom stereocenters. The molecule has 0 saturated carbocycles. The Morgan fingerprint density at radius 2 is 1.95 bits per heavy atom. The maximum absolute atomic E-state index is 13.1. The van der Waals surface area contributed by atoms with E-state index >= 15 is 0 Å². The Morgan fingerprint density at radius 1 is 1.35 bits per heavy atom. The van der Waals surface area contributed by atoms with Crippen LogP contribution in [0.3, 0.4) is 0 Å². The Morgan fingerprint density at radius 3 is 2.35 bits per heavy atom. The summed E-state index contributed by atoms with van der Waals surface area (Å²) in [5.74, 6) is -1.27. The van der Waals surface area contributed by atoms with Gasteiger partial charge in [-0.15, -0.1) is 12.4 Å². The zero-order valence-corrected chi connectivity index (χ0v) is 11.3. The number of nitrogens with zero attached hydrogens (tertiary/aromatic N) is 1. The highest BCUT2D eigenvalue weighted by molar-refractivity contribution is 6.30. The van der Waals surface area contributed by atoms with E-state index in [1.54, 1.807) is 6.07 Å². The van der Waals surface area contributed by atoms with Crippen LogP contribution in [0.15, 0.2) is 12.1 Å². The van der Waals surface area contributed by atoms with E-state index in [0.717, 1.165) is 12.1 Å². The van der Waals surface area contributed by atoms with Crippen molar-refractivity contribution in [1.29, 1.82) is 5.26 Å².